The number of nitrogens with zero attached hydrogens (tertiary/aromatic N) is 1. The highest BCUT2D eigenvalue weighted by Gasteiger charge is 2.34. The Labute approximate surface area is 154 Å². The summed E-state index contributed by atoms with van der Waals surface area (Å²) >= 11 is 6.14. The van der Waals surface area contributed by atoms with Crippen molar-refractivity contribution in [1.29, 1.82) is 5.41 Å². The minimum atomic E-state index is -4.86. The zero-order valence-electron chi connectivity index (χ0n) is 13.9. The van der Waals surface area contributed by atoms with Crippen LogP contribution in [0.4, 0.5) is 13.2 Å². The van der Waals surface area contributed by atoms with Gasteiger partial charge in [-0.05, 0) is 30.5 Å². The molecule has 0 aromatic heterocycles. The molecule has 1 saturated heterocycles. The fourth-order valence-corrected chi connectivity index (χ4v) is 2.83. The average molecular weight is 390 g/mol. The van der Waals surface area contributed by atoms with E-state index in [2.05, 4.69) is 0 Å². The van der Waals surface area contributed by atoms with E-state index in [1.165, 1.54) is 4.90 Å². The highest BCUT2D eigenvalue weighted by atomic mass is 35.5. The van der Waals surface area contributed by atoms with Crippen LogP contribution in [0.25, 0.3) is 0 Å². The van der Waals surface area contributed by atoms with Gasteiger partial charge in [0.2, 0.25) is 0 Å². The summed E-state index contributed by atoms with van der Waals surface area (Å²) in [5.41, 5.74) is 3.93. The van der Waals surface area contributed by atoms with E-state index in [4.69, 9.17) is 27.5 Å². The van der Waals surface area contributed by atoms with Gasteiger partial charge >= 0.3 is 6.18 Å². The molecule has 1 aromatic rings. The average Bonchev–Trinajstić information content (AvgIpc) is 2.60. The number of hydrogen-bond donors (Lipinski definition) is 2. The van der Waals surface area contributed by atoms with E-state index in [9.17, 15) is 18.0 Å². The van der Waals surface area contributed by atoms with Gasteiger partial charge in [0.1, 0.15) is 5.71 Å². The van der Waals surface area contributed by atoms with Gasteiger partial charge < -0.3 is 15.4 Å². The second kappa shape index (κ2) is 8.55. The first-order valence-corrected chi connectivity index (χ1v) is 8.33. The van der Waals surface area contributed by atoms with Crippen molar-refractivity contribution in [2.24, 2.45) is 5.73 Å². The SMILES string of the molecule is N=C(/C=C(\N)C(=O)N(Cc1ccccc1Cl)C1CCOCC1)C(F)(F)F. The quantitative estimate of drug-likeness (QED) is 0.599. The van der Waals surface area contributed by atoms with Gasteiger partial charge in [0, 0.05) is 30.8 Å². The molecule has 0 unspecified atom stereocenters. The predicted octanol–water partition coefficient (Wildman–Crippen LogP) is 3.27. The van der Waals surface area contributed by atoms with Crippen molar-refractivity contribution in [3.63, 3.8) is 0 Å². The van der Waals surface area contributed by atoms with Crippen LogP contribution in [-0.2, 0) is 16.1 Å². The number of halogens is 4. The van der Waals surface area contributed by atoms with E-state index in [1.54, 1.807) is 24.3 Å². The third-order valence-corrected chi connectivity index (χ3v) is 4.41. The third-order valence-electron chi connectivity index (χ3n) is 4.04. The molecule has 1 heterocycles. The normalized spacial score (nSPS) is 16.4. The Hall–Kier alpha value is -2.06. The van der Waals surface area contributed by atoms with Crippen molar-refractivity contribution >= 4 is 23.2 Å². The summed E-state index contributed by atoms with van der Waals surface area (Å²) in [6, 6.07) is 6.67. The molecule has 3 N–H and O–H groups in total. The lowest BCUT2D eigenvalue weighted by atomic mass is 10.0. The lowest BCUT2D eigenvalue weighted by molar-refractivity contribution is -0.132. The van der Waals surface area contributed by atoms with E-state index >= 15 is 0 Å². The molecule has 0 spiro atoms. The van der Waals surface area contributed by atoms with Crippen LogP contribution in [0.1, 0.15) is 18.4 Å². The standard InChI is InChI=1S/C17H19ClF3N3O2/c18-13-4-2-1-3-11(13)10-24(12-5-7-26-8-6-12)16(25)14(22)9-15(23)17(19,20)21/h1-4,9,12,23H,5-8,10,22H2/b14-9-,23-15?. The van der Waals surface area contributed by atoms with E-state index in [-0.39, 0.29) is 12.6 Å². The van der Waals surface area contributed by atoms with Crippen molar-refractivity contribution in [3.8, 4) is 0 Å². The van der Waals surface area contributed by atoms with Crippen LogP contribution < -0.4 is 5.73 Å². The second-order valence-corrected chi connectivity index (χ2v) is 6.29. The van der Waals surface area contributed by atoms with Crippen LogP contribution in [0.5, 0.6) is 0 Å². The highest BCUT2D eigenvalue weighted by Crippen LogP contribution is 2.23. The number of hydrogen-bond acceptors (Lipinski definition) is 4. The minimum absolute atomic E-state index is 0.108. The smallest absolute Gasteiger partial charge is 0.394 e. The number of carbonyl (C=O) groups is 1. The van der Waals surface area contributed by atoms with Gasteiger partial charge in [0.05, 0.1) is 5.70 Å². The Balaban J connectivity index is 2.27. The number of rotatable bonds is 5. The molecule has 1 fully saturated rings. The number of amides is 1. The molecule has 0 aliphatic carbocycles. The molecule has 9 heteroatoms. The van der Waals surface area contributed by atoms with Crippen molar-refractivity contribution < 1.29 is 22.7 Å². The maximum Gasteiger partial charge on any atom is 0.432 e. The van der Waals surface area contributed by atoms with Crippen molar-refractivity contribution in [3.05, 3.63) is 46.6 Å². The predicted molar refractivity (Wildman–Crippen MR) is 91.9 cm³/mol. The molecule has 1 amide bonds. The molecule has 5 nitrogen and oxygen atoms in total. The summed E-state index contributed by atoms with van der Waals surface area (Å²) in [6.45, 7) is 0.995. The molecule has 0 radical (unpaired) electrons. The maximum atomic E-state index is 12.7. The Morgan fingerprint density at radius 3 is 2.54 bits per heavy atom. The van der Waals surface area contributed by atoms with Gasteiger partial charge in [0.25, 0.3) is 5.91 Å². The van der Waals surface area contributed by atoms with Crippen LogP contribution in [0, 0.1) is 5.41 Å². The Morgan fingerprint density at radius 2 is 1.96 bits per heavy atom. The van der Waals surface area contributed by atoms with Crippen LogP contribution >= 0.6 is 11.6 Å². The Kier molecular flexibility index (Phi) is 6.66. The summed E-state index contributed by atoms with van der Waals surface area (Å²) in [5, 5.41) is 7.46. The Bertz CT molecular complexity index is 701. The van der Waals surface area contributed by atoms with Crippen molar-refractivity contribution in [2.45, 2.75) is 31.6 Å². The number of nitrogens with two attached hydrogens (primary N) is 1. The third kappa shape index (κ3) is 5.22. The summed E-state index contributed by atoms with van der Waals surface area (Å²) in [4.78, 5) is 14.1. The lowest BCUT2D eigenvalue weighted by Gasteiger charge is -2.34. The number of ether oxygens (including phenoxy) is 1. The molecule has 142 valence electrons. The first kappa shape index (κ1) is 20.3. The molecule has 1 aromatic carbocycles. The zero-order chi connectivity index (χ0) is 19.3. The molecule has 1 aliphatic rings. The van der Waals surface area contributed by atoms with Crippen LogP contribution in [0.15, 0.2) is 36.0 Å². The van der Waals surface area contributed by atoms with Crippen molar-refractivity contribution in [1.82, 2.24) is 4.90 Å². The Morgan fingerprint density at radius 1 is 1.35 bits per heavy atom. The minimum Gasteiger partial charge on any atom is -0.394 e. The van der Waals surface area contributed by atoms with Crippen LogP contribution in [-0.4, -0.2) is 42.0 Å². The fourth-order valence-electron chi connectivity index (χ4n) is 2.64. The van der Waals surface area contributed by atoms with Crippen LogP contribution in [0.3, 0.4) is 0 Å². The molecule has 2 rings (SSSR count). The number of benzene rings is 1. The van der Waals surface area contributed by atoms with Gasteiger partial charge in [-0.2, -0.15) is 13.2 Å². The number of carbonyl (C=O) groups excluding carboxylic acids is 1. The largest absolute Gasteiger partial charge is 0.432 e. The summed E-state index contributed by atoms with van der Waals surface area (Å²) < 4.78 is 42.9. The molecule has 1 aliphatic heterocycles. The van der Waals surface area contributed by atoms with Gasteiger partial charge in [-0.3, -0.25) is 10.2 Å². The van der Waals surface area contributed by atoms with E-state index < -0.39 is 23.5 Å². The maximum absolute atomic E-state index is 12.7. The molecular formula is C17H19ClF3N3O2. The number of allylic oxidation sites excluding steroid dienone is 1. The molecule has 0 atom stereocenters. The fraction of sp³-hybridized carbons (Fsp3) is 0.412. The summed E-state index contributed by atoms with van der Waals surface area (Å²) in [6.07, 6.45) is -3.43. The summed E-state index contributed by atoms with van der Waals surface area (Å²) in [7, 11) is 0. The van der Waals surface area contributed by atoms with Gasteiger partial charge in [0.15, 0.2) is 0 Å². The first-order valence-electron chi connectivity index (χ1n) is 7.95. The lowest BCUT2D eigenvalue weighted by Crippen LogP contribution is -2.45. The highest BCUT2D eigenvalue weighted by molar-refractivity contribution is 6.31. The molecule has 0 saturated carbocycles. The topological polar surface area (TPSA) is 79.4 Å². The monoisotopic (exact) mass is 389 g/mol. The molecule has 0 bridgehead atoms. The number of nitrogens with one attached hydrogen (secondary N) is 1. The van der Waals surface area contributed by atoms with E-state index in [0.717, 1.165) is 0 Å². The van der Waals surface area contributed by atoms with Crippen LogP contribution in [0.2, 0.25) is 5.02 Å². The van der Waals surface area contributed by atoms with Gasteiger partial charge in [-0.1, -0.05) is 29.8 Å². The zero-order valence-corrected chi connectivity index (χ0v) is 14.6. The van der Waals surface area contributed by atoms with E-state index in [1.807, 2.05) is 0 Å². The van der Waals surface area contributed by atoms with Gasteiger partial charge in [-0.15, -0.1) is 0 Å². The molecular weight excluding hydrogens is 371 g/mol. The van der Waals surface area contributed by atoms with Gasteiger partial charge in [-0.25, -0.2) is 0 Å². The summed E-state index contributed by atoms with van der Waals surface area (Å²) in [5.74, 6) is -0.759. The van der Waals surface area contributed by atoms with E-state index in [0.29, 0.717) is 42.7 Å². The first-order chi connectivity index (χ1) is 12.2. The van der Waals surface area contributed by atoms with Crippen molar-refractivity contribution in [2.75, 3.05) is 13.2 Å². The number of alkyl halides is 3. The second-order valence-electron chi connectivity index (χ2n) is 5.88. The molecule has 26 heavy (non-hydrogen) atoms.